The lowest BCUT2D eigenvalue weighted by atomic mass is 10.3. The molecule has 1 aliphatic rings. The van der Waals surface area contributed by atoms with Gasteiger partial charge < -0.3 is 22.8 Å². The van der Waals surface area contributed by atoms with E-state index in [1.165, 1.54) is 0 Å². The maximum absolute atomic E-state index is 5.46. The molecule has 1 heterocycles. The third kappa shape index (κ3) is 5.94. The van der Waals surface area contributed by atoms with E-state index in [0.717, 1.165) is 45.1 Å². The van der Waals surface area contributed by atoms with E-state index in [1.807, 2.05) is 0 Å². The molecule has 0 amide bonds. The highest BCUT2D eigenvalue weighted by Crippen LogP contribution is 2.17. The van der Waals surface area contributed by atoms with E-state index in [4.69, 9.17) is 22.8 Å². The SMILES string of the molecule is CO[Si](CCCCCOC[C@H]1CO1)(OC)OC. The molecule has 17 heavy (non-hydrogen) atoms. The lowest BCUT2D eigenvalue weighted by molar-refractivity contribution is 0.110. The van der Waals surface area contributed by atoms with Crippen LogP contribution in [0, 0.1) is 0 Å². The standard InChI is InChI=1S/C11H24O5Si/c1-12-17(13-2,14-3)8-6-4-5-7-15-9-11-10-16-11/h11H,4-10H2,1-3H3/t11-/m0/s1. The van der Waals surface area contributed by atoms with Crippen LogP contribution >= 0.6 is 0 Å². The van der Waals surface area contributed by atoms with E-state index in [9.17, 15) is 0 Å². The number of unbranched alkanes of at least 4 members (excludes halogenated alkanes) is 2. The summed E-state index contributed by atoms with van der Waals surface area (Å²) in [4.78, 5) is 0. The van der Waals surface area contributed by atoms with Gasteiger partial charge in [-0.2, -0.15) is 0 Å². The molecule has 0 N–H and O–H groups in total. The van der Waals surface area contributed by atoms with Gasteiger partial charge in [-0.15, -0.1) is 0 Å². The van der Waals surface area contributed by atoms with Crippen LogP contribution in [0.3, 0.4) is 0 Å². The van der Waals surface area contributed by atoms with E-state index in [-0.39, 0.29) is 0 Å². The number of epoxide rings is 1. The van der Waals surface area contributed by atoms with Crippen molar-refractivity contribution in [2.45, 2.75) is 31.4 Å². The largest absolute Gasteiger partial charge is 0.500 e. The summed E-state index contributed by atoms with van der Waals surface area (Å²) in [6.07, 6.45) is 3.58. The highest BCUT2D eigenvalue weighted by atomic mass is 28.4. The Hall–Kier alpha value is 0.0169. The molecule has 1 rings (SSSR count). The predicted octanol–water partition coefficient (Wildman–Crippen LogP) is 1.45. The average molecular weight is 264 g/mol. The van der Waals surface area contributed by atoms with E-state index < -0.39 is 8.80 Å². The van der Waals surface area contributed by atoms with Gasteiger partial charge in [-0.05, 0) is 12.8 Å². The summed E-state index contributed by atoms with van der Waals surface area (Å²) >= 11 is 0. The van der Waals surface area contributed by atoms with Crippen molar-refractivity contribution in [3.05, 3.63) is 0 Å². The van der Waals surface area contributed by atoms with Crippen LogP contribution in [0.15, 0.2) is 0 Å². The number of hydrogen-bond acceptors (Lipinski definition) is 5. The number of ether oxygens (including phenoxy) is 2. The monoisotopic (exact) mass is 264 g/mol. The van der Waals surface area contributed by atoms with Gasteiger partial charge in [0.05, 0.1) is 13.2 Å². The van der Waals surface area contributed by atoms with E-state index in [0.29, 0.717) is 6.10 Å². The van der Waals surface area contributed by atoms with Gasteiger partial charge in [0.2, 0.25) is 0 Å². The van der Waals surface area contributed by atoms with E-state index in [2.05, 4.69) is 0 Å². The molecule has 0 radical (unpaired) electrons. The first-order chi connectivity index (χ1) is 8.26. The molecule has 0 aromatic rings. The smallest absolute Gasteiger partial charge is 0.379 e. The Labute approximate surface area is 105 Å². The summed E-state index contributed by atoms with van der Waals surface area (Å²) in [5.74, 6) is 0. The van der Waals surface area contributed by atoms with Crippen molar-refractivity contribution in [3.8, 4) is 0 Å². The molecule has 5 nitrogen and oxygen atoms in total. The summed E-state index contributed by atoms with van der Waals surface area (Å²) in [7, 11) is 2.60. The van der Waals surface area contributed by atoms with Crippen molar-refractivity contribution in [3.63, 3.8) is 0 Å². The van der Waals surface area contributed by atoms with Gasteiger partial charge in [-0.1, -0.05) is 6.42 Å². The van der Waals surface area contributed by atoms with Gasteiger partial charge >= 0.3 is 8.80 Å². The van der Waals surface area contributed by atoms with Crippen molar-refractivity contribution in [2.75, 3.05) is 41.2 Å². The fourth-order valence-electron chi connectivity index (χ4n) is 1.66. The second kappa shape index (κ2) is 8.18. The van der Waals surface area contributed by atoms with Crippen LogP contribution in [0.1, 0.15) is 19.3 Å². The molecule has 102 valence electrons. The van der Waals surface area contributed by atoms with Gasteiger partial charge in [0.25, 0.3) is 0 Å². The Morgan fingerprint density at radius 2 is 1.71 bits per heavy atom. The fourth-order valence-corrected chi connectivity index (χ4v) is 3.45. The Balaban J connectivity index is 1.93. The molecule has 0 aromatic carbocycles. The zero-order chi connectivity index (χ0) is 12.6. The Bertz CT molecular complexity index is 186. The van der Waals surface area contributed by atoms with Gasteiger partial charge in [-0.3, -0.25) is 0 Å². The fraction of sp³-hybridized carbons (Fsp3) is 1.00. The van der Waals surface area contributed by atoms with Crippen molar-refractivity contribution in [1.29, 1.82) is 0 Å². The zero-order valence-electron chi connectivity index (χ0n) is 11.1. The summed E-state index contributed by atoms with van der Waals surface area (Å²) in [5.41, 5.74) is 0. The summed E-state index contributed by atoms with van der Waals surface area (Å²) in [5, 5.41) is 0. The van der Waals surface area contributed by atoms with Crippen molar-refractivity contribution < 1.29 is 22.8 Å². The van der Waals surface area contributed by atoms with Gasteiger partial charge in [0.15, 0.2) is 0 Å². The number of hydrogen-bond donors (Lipinski definition) is 0. The molecule has 1 saturated heterocycles. The Morgan fingerprint density at radius 3 is 2.24 bits per heavy atom. The molecule has 0 aliphatic carbocycles. The van der Waals surface area contributed by atoms with Gasteiger partial charge in [-0.25, -0.2) is 0 Å². The van der Waals surface area contributed by atoms with Crippen LogP contribution in [0.2, 0.25) is 6.04 Å². The maximum Gasteiger partial charge on any atom is 0.500 e. The Morgan fingerprint density at radius 1 is 1.06 bits per heavy atom. The van der Waals surface area contributed by atoms with Gasteiger partial charge in [0.1, 0.15) is 6.10 Å². The lowest BCUT2D eigenvalue weighted by Crippen LogP contribution is -2.42. The van der Waals surface area contributed by atoms with Crippen LogP contribution < -0.4 is 0 Å². The van der Waals surface area contributed by atoms with Crippen molar-refractivity contribution in [1.82, 2.24) is 0 Å². The normalized spacial score (nSPS) is 19.6. The highest BCUT2D eigenvalue weighted by Gasteiger charge is 2.36. The first-order valence-corrected chi connectivity index (χ1v) is 8.04. The average Bonchev–Trinajstić information content (AvgIpc) is 3.18. The molecule has 0 unspecified atom stereocenters. The van der Waals surface area contributed by atoms with Crippen LogP contribution in [0.4, 0.5) is 0 Å². The molecule has 1 atom stereocenters. The molecule has 1 fully saturated rings. The second-order valence-corrected chi connectivity index (χ2v) is 7.23. The van der Waals surface area contributed by atoms with E-state index in [1.54, 1.807) is 21.3 Å². The van der Waals surface area contributed by atoms with Gasteiger partial charge in [0, 0.05) is 34.0 Å². The molecule has 1 aliphatic heterocycles. The predicted molar refractivity (Wildman–Crippen MR) is 66.0 cm³/mol. The first kappa shape index (κ1) is 15.1. The van der Waals surface area contributed by atoms with Crippen LogP contribution in [-0.2, 0) is 22.8 Å². The summed E-state index contributed by atoms with van der Waals surface area (Å²) < 4.78 is 26.6. The molecular formula is C11H24O5Si. The Kier molecular flexibility index (Phi) is 7.25. The topological polar surface area (TPSA) is 49.5 Å². The first-order valence-electron chi connectivity index (χ1n) is 6.11. The van der Waals surface area contributed by atoms with Crippen molar-refractivity contribution >= 4 is 8.80 Å². The van der Waals surface area contributed by atoms with Crippen molar-refractivity contribution in [2.24, 2.45) is 0 Å². The molecule has 0 bridgehead atoms. The zero-order valence-corrected chi connectivity index (χ0v) is 12.1. The minimum Gasteiger partial charge on any atom is -0.379 e. The minimum atomic E-state index is -2.35. The third-order valence-electron chi connectivity index (χ3n) is 2.91. The highest BCUT2D eigenvalue weighted by molar-refractivity contribution is 6.60. The summed E-state index contributed by atoms with van der Waals surface area (Å²) in [6.45, 7) is 2.41. The number of rotatable bonds is 11. The molecule has 0 aromatic heterocycles. The quantitative estimate of drug-likeness (QED) is 0.321. The minimum absolute atomic E-state index is 0.366. The molecular weight excluding hydrogens is 240 g/mol. The van der Waals surface area contributed by atoms with Crippen LogP contribution in [-0.4, -0.2) is 56.1 Å². The molecule has 6 heteroatoms. The summed E-state index contributed by atoms with van der Waals surface area (Å²) in [6, 6.07) is 0.863. The van der Waals surface area contributed by atoms with E-state index >= 15 is 0 Å². The van der Waals surface area contributed by atoms with Crippen LogP contribution in [0.5, 0.6) is 0 Å². The second-order valence-electron chi connectivity index (χ2n) is 4.14. The lowest BCUT2D eigenvalue weighted by Gasteiger charge is -2.24. The molecule has 0 spiro atoms. The maximum atomic E-state index is 5.46. The third-order valence-corrected chi connectivity index (χ3v) is 5.74. The molecule has 0 saturated carbocycles. The van der Waals surface area contributed by atoms with Crippen LogP contribution in [0.25, 0.3) is 0 Å².